The van der Waals surface area contributed by atoms with Gasteiger partial charge in [0.25, 0.3) is 0 Å². The van der Waals surface area contributed by atoms with Crippen LogP contribution < -0.4 is 9.47 Å². The van der Waals surface area contributed by atoms with Crippen LogP contribution in [0.25, 0.3) is 0 Å². The summed E-state index contributed by atoms with van der Waals surface area (Å²) in [6.07, 6.45) is -1.13. The maximum Gasteiger partial charge on any atom is 0.172 e. The van der Waals surface area contributed by atoms with Gasteiger partial charge in [-0.3, -0.25) is 4.79 Å². The summed E-state index contributed by atoms with van der Waals surface area (Å²) in [5.74, 6) is 0.742. The van der Waals surface area contributed by atoms with Gasteiger partial charge >= 0.3 is 0 Å². The van der Waals surface area contributed by atoms with Gasteiger partial charge in [0.05, 0.1) is 5.56 Å². The Labute approximate surface area is 93.2 Å². The normalized spacial score (nSPS) is 15.7. The van der Waals surface area contributed by atoms with Gasteiger partial charge in [-0.25, -0.2) is 4.39 Å². The molecule has 1 heterocycles. The fraction of sp³-hybridized carbons (Fsp3) is 0.417. The lowest BCUT2D eigenvalue weighted by Gasteiger charge is -2.21. The molecule has 0 amide bonds. The first-order valence-corrected chi connectivity index (χ1v) is 5.18. The van der Waals surface area contributed by atoms with Crippen molar-refractivity contribution in [2.45, 2.75) is 20.0 Å². The van der Waals surface area contributed by atoms with Crippen LogP contribution in [0.2, 0.25) is 0 Å². The van der Waals surface area contributed by atoms with Gasteiger partial charge in [-0.2, -0.15) is 0 Å². The molecule has 0 saturated heterocycles. The van der Waals surface area contributed by atoms with Gasteiger partial charge in [0, 0.05) is 0 Å². The van der Waals surface area contributed by atoms with E-state index in [1.165, 1.54) is 19.9 Å². The van der Waals surface area contributed by atoms with Crippen LogP contribution in [0.15, 0.2) is 12.1 Å². The van der Waals surface area contributed by atoms with E-state index in [2.05, 4.69) is 0 Å². The van der Waals surface area contributed by atoms with Crippen molar-refractivity contribution in [2.24, 2.45) is 0 Å². The summed E-state index contributed by atoms with van der Waals surface area (Å²) in [5, 5.41) is 0. The molecule has 1 aliphatic rings. The highest BCUT2D eigenvalue weighted by molar-refractivity contribution is 5.98. The quantitative estimate of drug-likeness (QED) is 0.724. The van der Waals surface area contributed by atoms with E-state index >= 15 is 0 Å². The van der Waals surface area contributed by atoms with E-state index in [1.807, 2.05) is 0 Å². The Hall–Kier alpha value is -1.58. The second kappa shape index (κ2) is 4.12. The number of hydrogen-bond donors (Lipinski definition) is 0. The van der Waals surface area contributed by atoms with Crippen LogP contribution in [0.4, 0.5) is 4.39 Å². The Morgan fingerprint density at radius 1 is 1.38 bits per heavy atom. The monoisotopic (exact) mass is 224 g/mol. The van der Waals surface area contributed by atoms with Crippen molar-refractivity contribution >= 4 is 5.78 Å². The van der Waals surface area contributed by atoms with E-state index in [0.29, 0.717) is 35.8 Å². The lowest BCUT2D eigenvalue weighted by Crippen LogP contribution is -2.18. The first-order valence-electron chi connectivity index (χ1n) is 5.18. The Kier molecular flexibility index (Phi) is 2.81. The predicted octanol–water partition coefficient (Wildman–Crippen LogP) is 2.69. The van der Waals surface area contributed by atoms with Crippen molar-refractivity contribution in [2.75, 3.05) is 13.2 Å². The minimum Gasteiger partial charge on any atom is -0.486 e. The Morgan fingerprint density at radius 2 is 2.06 bits per heavy atom. The first kappa shape index (κ1) is 10.9. The highest BCUT2D eigenvalue weighted by atomic mass is 19.1. The number of benzene rings is 1. The number of fused-ring (bicyclic) bond motifs is 1. The third-order valence-corrected chi connectivity index (χ3v) is 2.50. The number of hydrogen-bond acceptors (Lipinski definition) is 3. The molecule has 1 unspecified atom stereocenters. The number of alkyl halides is 1. The Bertz CT molecular complexity index is 427. The lowest BCUT2D eigenvalue weighted by molar-refractivity contribution is 0.100. The maximum atomic E-state index is 13.2. The summed E-state index contributed by atoms with van der Waals surface area (Å²) in [4.78, 5) is 11.4. The SMILES string of the molecule is CC(=O)c1cc(C(C)F)cc2c1OCCO2. The lowest BCUT2D eigenvalue weighted by atomic mass is 10.0. The molecule has 0 fully saturated rings. The van der Waals surface area contributed by atoms with E-state index in [9.17, 15) is 9.18 Å². The molecule has 0 bridgehead atoms. The predicted molar refractivity (Wildman–Crippen MR) is 57.0 cm³/mol. The van der Waals surface area contributed by atoms with E-state index in [-0.39, 0.29) is 5.78 Å². The number of ether oxygens (including phenoxy) is 2. The summed E-state index contributed by atoms with van der Waals surface area (Å²) in [6.45, 7) is 3.70. The summed E-state index contributed by atoms with van der Waals surface area (Å²) >= 11 is 0. The number of halogens is 1. The average Bonchev–Trinajstić information content (AvgIpc) is 2.27. The topological polar surface area (TPSA) is 35.5 Å². The largest absolute Gasteiger partial charge is 0.486 e. The Morgan fingerprint density at radius 3 is 2.69 bits per heavy atom. The number of ketones is 1. The van der Waals surface area contributed by atoms with Gasteiger partial charge in [-0.15, -0.1) is 0 Å². The highest BCUT2D eigenvalue weighted by Gasteiger charge is 2.21. The molecule has 0 saturated carbocycles. The molecule has 1 aromatic rings. The molecule has 3 nitrogen and oxygen atoms in total. The van der Waals surface area contributed by atoms with Crippen LogP contribution in [0.1, 0.15) is 35.9 Å². The molecule has 0 aliphatic carbocycles. The van der Waals surface area contributed by atoms with Gasteiger partial charge in [0.1, 0.15) is 19.4 Å². The van der Waals surface area contributed by atoms with Crippen molar-refractivity contribution in [1.82, 2.24) is 0 Å². The zero-order valence-electron chi connectivity index (χ0n) is 9.25. The van der Waals surface area contributed by atoms with Crippen molar-refractivity contribution in [3.63, 3.8) is 0 Å². The number of carbonyl (C=O) groups is 1. The van der Waals surface area contributed by atoms with E-state index < -0.39 is 6.17 Å². The molecule has 2 rings (SSSR count). The van der Waals surface area contributed by atoms with Crippen LogP contribution in [0.3, 0.4) is 0 Å². The smallest absolute Gasteiger partial charge is 0.172 e. The summed E-state index contributed by atoms with van der Waals surface area (Å²) in [7, 11) is 0. The number of Topliss-reactive ketones (excluding diaryl/α,β-unsaturated/α-hetero) is 1. The van der Waals surface area contributed by atoms with Crippen LogP contribution in [0, 0.1) is 0 Å². The van der Waals surface area contributed by atoms with Crippen molar-refractivity contribution in [1.29, 1.82) is 0 Å². The second-order valence-corrected chi connectivity index (χ2v) is 3.76. The van der Waals surface area contributed by atoms with Crippen molar-refractivity contribution in [3.8, 4) is 11.5 Å². The molecule has 16 heavy (non-hydrogen) atoms. The number of carbonyl (C=O) groups excluding carboxylic acids is 1. The molecule has 1 atom stereocenters. The van der Waals surface area contributed by atoms with Gasteiger partial charge < -0.3 is 9.47 Å². The van der Waals surface area contributed by atoms with E-state index in [0.717, 1.165) is 0 Å². The zero-order valence-corrected chi connectivity index (χ0v) is 9.25. The van der Waals surface area contributed by atoms with Crippen LogP contribution in [-0.2, 0) is 0 Å². The molecular formula is C12H13FO3. The molecule has 0 N–H and O–H groups in total. The fourth-order valence-electron chi connectivity index (χ4n) is 1.67. The van der Waals surface area contributed by atoms with E-state index in [4.69, 9.17) is 9.47 Å². The third kappa shape index (κ3) is 1.87. The molecule has 4 heteroatoms. The first-order chi connectivity index (χ1) is 7.59. The van der Waals surface area contributed by atoms with Gasteiger partial charge in [-0.05, 0) is 31.5 Å². The summed E-state index contributed by atoms with van der Waals surface area (Å²) in [5.41, 5.74) is 0.825. The van der Waals surface area contributed by atoms with Crippen molar-refractivity contribution < 1.29 is 18.7 Å². The minimum atomic E-state index is -1.13. The maximum absolute atomic E-state index is 13.2. The summed E-state index contributed by atoms with van der Waals surface area (Å²) in [6, 6.07) is 3.12. The molecule has 0 aromatic heterocycles. The molecule has 0 spiro atoms. The summed E-state index contributed by atoms with van der Waals surface area (Å²) < 4.78 is 24.0. The average molecular weight is 224 g/mol. The molecule has 1 aromatic carbocycles. The van der Waals surface area contributed by atoms with Gasteiger partial charge in [0.2, 0.25) is 0 Å². The van der Waals surface area contributed by atoms with Crippen LogP contribution >= 0.6 is 0 Å². The number of rotatable bonds is 2. The fourth-order valence-corrected chi connectivity index (χ4v) is 1.67. The van der Waals surface area contributed by atoms with Gasteiger partial charge in [-0.1, -0.05) is 0 Å². The zero-order chi connectivity index (χ0) is 11.7. The highest BCUT2D eigenvalue weighted by Crippen LogP contribution is 2.37. The van der Waals surface area contributed by atoms with Crippen molar-refractivity contribution in [3.05, 3.63) is 23.3 Å². The third-order valence-electron chi connectivity index (χ3n) is 2.50. The standard InChI is InChI=1S/C12H13FO3/c1-7(13)9-5-10(8(2)14)12-11(6-9)15-3-4-16-12/h5-7H,3-4H2,1-2H3. The molecular weight excluding hydrogens is 211 g/mol. The second-order valence-electron chi connectivity index (χ2n) is 3.76. The molecule has 1 aliphatic heterocycles. The van der Waals surface area contributed by atoms with E-state index in [1.54, 1.807) is 6.07 Å². The minimum absolute atomic E-state index is 0.149. The Balaban J connectivity index is 2.56. The van der Waals surface area contributed by atoms with Crippen LogP contribution in [-0.4, -0.2) is 19.0 Å². The molecule has 0 radical (unpaired) electrons. The van der Waals surface area contributed by atoms with Crippen LogP contribution in [0.5, 0.6) is 11.5 Å². The molecule has 86 valence electrons. The van der Waals surface area contributed by atoms with Gasteiger partial charge in [0.15, 0.2) is 17.3 Å².